The first-order valence-corrected chi connectivity index (χ1v) is 14.6. The molecule has 2 amide bonds. The Labute approximate surface area is 224 Å². The fourth-order valence-corrected chi connectivity index (χ4v) is 6.62. The van der Waals surface area contributed by atoms with Gasteiger partial charge in [0.05, 0.1) is 12.8 Å². The van der Waals surface area contributed by atoms with Gasteiger partial charge in [0.1, 0.15) is 4.90 Å². The third kappa shape index (κ3) is 5.02. The number of methoxy groups -OCH3 is 1. The van der Waals surface area contributed by atoms with Crippen LogP contribution >= 0.6 is 0 Å². The first-order valence-electron chi connectivity index (χ1n) is 13.1. The molecule has 0 spiro atoms. The Morgan fingerprint density at radius 2 is 1.97 bits per heavy atom. The van der Waals surface area contributed by atoms with Crippen molar-refractivity contribution in [2.45, 2.75) is 62.9 Å². The molecule has 10 heteroatoms. The number of carbonyl (C=O) groups excluding carboxylic acids is 1. The summed E-state index contributed by atoms with van der Waals surface area (Å²) in [6, 6.07) is 8.82. The molecule has 9 nitrogen and oxygen atoms in total. The van der Waals surface area contributed by atoms with E-state index in [0.717, 1.165) is 66.6 Å². The van der Waals surface area contributed by atoms with Crippen molar-refractivity contribution in [2.75, 3.05) is 26.0 Å². The first kappa shape index (κ1) is 26.2. The molecule has 1 aliphatic carbocycles. The molecule has 1 aromatic carbocycles. The van der Waals surface area contributed by atoms with E-state index in [1.165, 1.54) is 0 Å². The van der Waals surface area contributed by atoms with Crippen LogP contribution < -0.4 is 14.8 Å². The minimum Gasteiger partial charge on any atom is -0.481 e. The number of aryl methyl sites for hydroxylation is 1. The number of rotatable bonds is 7. The molecule has 2 aromatic heterocycles. The zero-order valence-corrected chi connectivity index (χ0v) is 23.1. The summed E-state index contributed by atoms with van der Waals surface area (Å²) in [6.45, 7) is 5.03. The van der Waals surface area contributed by atoms with E-state index >= 15 is 0 Å². The molecule has 0 bridgehead atoms. The van der Waals surface area contributed by atoms with Crippen LogP contribution in [0.15, 0.2) is 47.6 Å². The van der Waals surface area contributed by atoms with Gasteiger partial charge in [-0.3, -0.25) is 4.90 Å². The van der Waals surface area contributed by atoms with Crippen LogP contribution in [0.5, 0.6) is 5.88 Å². The number of carbonyl (C=O) groups is 1. The van der Waals surface area contributed by atoms with Gasteiger partial charge in [0.25, 0.3) is 10.0 Å². The SMILES string of the molecule is COc1cc(-c2ccc3c(c2NC(=O)NS(=O)(=O)c2cc(C4CCCN4C)n(C(C)C)c2)CCC3)ccn1. The van der Waals surface area contributed by atoms with E-state index in [4.69, 9.17) is 4.74 Å². The Hall–Kier alpha value is -3.37. The summed E-state index contributed by atoms with van der Waals surface area (Å²) in [5.41, 5.74) is 5.38. The van der Waals surface area contributed by atoms with Crippen LogP contribution in [0.3, 0.4) is 0 Å². The lowest BCUT2D eigenvalue weighted by Crippen LogP contribution is -2.34. The van der Waals surface area contributed by atoms with Crippen molar-refractivity contribution in [3.05, 3.63) is 59.5 Å². The van der Waals surface area contributed by atoms with E-state index in [2.05, 4.69) is 33.0 Å². The molecule has 2 aliphatic rings. The van der Waals surface area contributed by atoms with Gasteiger partial charge in [0.15, 0.2) is 0 Å². The second-order valence-electron chi connectivity index (χ2n) is 10.4. The van der Waals surface area contributed by atoms with E-state index in [-0.39, 0.29) is 17.0 Å². The van der Waals surface area contributed by atoms with Crippen molar-refractivity contribution in [3.63, 3.8) is 0 Å². The number of pyridine rings is 1. The van der Waals surface area contributed by atoms with Crippen LogP contribution in [0.2, 0.25) is 0 Å². The molecule has 1 atom stereocenters. The number of hydrogen-bond acceptors (Lipinski definition) is 6. The van der Waals surface area contributed by atoms with Gasteiger partial charge in [-0.2, -0.15) is 0 Å². The highest BCUT2D eigenvalue weighted by molar-refractivity contribution is 7.90. The largest absolute Gasteiger partial charge is 0.481 e. The molecule has 0 radical (unpaired) electrons. The molecule has 1 fully saturated rings. The normalized spacial score (nSPS) is 17.6. The Morgan fingerprint density at radius 3 is 2.68 bits per heavy atom. The predicted octanol–water partition coefficient (Wildman–Crippen LogP) is 4.91. The lowest BCUT2D eigenvalue weighted by Gasteiger charge is -2.23. The summed E-state index contributed by atoms with van der Waals surface area (Å²) in [4.78, 5) is 19.7. The monoisotopic (exact) mass is 537 g/mol. The topological polar surface area (TPSA) is 106 Å². The fourth-order valence-electron chi connectivity index (χ4n) is 5.67. The highest BCUT2D eigenvalue weighted by atomic mass is 32.2. The Morgan fingerprint density at radius 1 is 1.16 bits per heavy atom. The summed E-state index contributed by atoms with van der Waals surface area (Å²) in [6.07, 6.45) is 8.04. The number of nitrogens with zero attached hydrogens (tertiary/aromatic N) is 3. The molecule has 1 saturated heterocycles. The third-order valence-electron chi connectivity index (χ3n) is 7.59. The molecule has 1 aliphatic heterocycles. The minimum absolute atomic E-state index is 0.0867. The second kappa shape index (κ2) is 10.4. The van der Waals surface area contributed by atoms with Gasteiger partial charge in [-0.1, -0.05) is 12.1 Å². The highest BCUT2D eigenvalue weighted by Crippen LogP contribution is 2.38. The summed E-state index contributed by atoms with van der Waals surface area (Å²) < 4.78 is 36.3. The van der Waals surface area contributed by atoms with Gasteiger partial charge < -0.3 is 14.6 Å². The lowest BCUT2D eigenvalue weighted by atomic mass is 9.98. The molecule has 38 heavy (non-hydrogen) atoms. The summed E-state index contributed by atoms with van der Waals surface area (Å²) in [5.74, 6) is 0.458. The van der Waals surface area contributed by atoms with E-state index in [0.29, 0.717) is 11.6 Å². The van der Waals surface area contributed by atoms with E-state index in [9.17, 15) is 13.2 Å². The molecular formula is C28H35N5O4S. The Bertz CT molecular complexity index is 1460. The van der Waals surface area contributed by atoms with Crippen molar-refractivity contribution in [1.82, 2.24) is 19.2 Å². The minimum atomic E-state index is -4.10. The number of nitrogens with one attached hydrogen (secondary N) is 2. The molecule has 0 saturated carbocycles. The second-order valence-corrected chi connectivity index (χ2v) is 12.0. The van der Waals surface area contributed by atoms with Gasteiger partial charge in [0, 0.05) is 41.8 Å². The van der Waals surface area contributed by atoms with Crippen LogP contribution in [0.1, 0.15) is 62.0 Å². The molecule has 3 aromatic rings. The number of sulfonamides is 1. The fraction of sp³-hybridized carbons (Fsp3) is 0.429. The summed E-state index contributed by atoms with van der Waals surface area (Å²) in [5, 5.41) is 2.87. The standard InChI is InChI=1S/C28H35N5O4S/c1-18(2)33-17-21(16-25(33)24-9-6-14-32(24)3)38(35,36)31-28(34)30-27-22-8-5-7-19(22)10-11-23(27)20-12-13-29-26(15-20)37-4/h10-13,15-18,24H,5-9,14H2,1-4H3,(H2,30,31,34). The maximum absolute atomic E-state index is 13.4. The molecular weight excluding hydrogens is 502 g/mol. The smallest absolute Gasteiger partial charge is 0.333 e. The van der Waals surface area contributed by atoms with Gasteiger partial charge in [-0.15, -0.1) is 0 Å². The molecule has 5 rings (SSSR count). The van der Waals surface area contributed by atoms with Gasteiger partial charge >= 0.3 is 6.03 Å². The van der Waals surface area contributed by atoms with Crippen LogP contribution in [0, 0.1) is 0 Å². The summed E-state index contributed by atoms with van der Waals surface area (Å²) >= 11 is 0. The number of ether oxygens (including phenoxy) is 1. The quantitative estimate of drug-likeness (QED) is 0.444. The molecule has 1 unspecified atom stereocenters. The van der Waals surface area contributed by atoms with Crippen LogP contribution in [0.25, 0.3) is 11.1 Å². The van der Waals surface area contributed by atoms with Crippen molar-refractivity contribution in [3.8, 4) is 17.0 Å². The molecule has 3 heterocycles. The van der Waals surface area contributed by atoms with E-state index < -0.39 is 16.1 Å². The number of aromatic nitrogens is 2. The zero-order chi connectivity index (χ0) is 27.0. The van der Waals surface area contributed by atoms with Crippen molar-refractivity contribution in [2.24, 2.45) is 0 Å². The van der Waals surface area contributed by atoms with Crippen molar-refractivity contribution < 1.29 is 17.9 Å². The predicted molar refractivity (Wildman–Crippen MR) is 147 cm³/mol. The number of fused-ring (bicyclic) bond motifs is 1. The van der Waals surface area contributed by atoms with Gasteiger partial charge in [-0.05, 0) is 88.4 Å². The van der Waals surface area contributed by atoms with Gasteiger partial charge in [0.2, 0.25) is 5.88 Å². The van der Waals surface area contributed by atoms with Gasteiger partial charge in [-0.25, -0.2) is 22.9 Å². The lowest BCUT2D eigenvalue weighted by molar-refractivity contribution is 0.256. The zero-order valence-electron chi connectivity index (χ0n) is 22.3. The average Bonchev–Trinajstić information content (AvgIpc) is 3.63. The number of benzene rings is 1. The Kier molecular flexibility index (Phi) is 7.19. The summed E-state index contributed by atoms with van der Waals surface area (Å²) in [7, 11) is -0.486. The van der Waals surface area contributed by atoms with Crippen LogP contribution in [-0.4, -0.2) is 49.6 Å². The number of likely N-dealkylation sites (tertiary alicyclic amines) is 1. The maximum Gasteiger partial charge on any atom is 0.333 e. The average molecular weight is 538 g/mol. The van der Waals surface area contributed by atoms with E-state index in [1.54, 1.807) is 31.6 Å². The number of anilines is 1. The number of amides is 2. The Balaban J connectivity index is 1.44. The third-order valence-corrected chi connectivity index (χ3v) is 8.88. The highest BCUT2D eigenvalue weighted by Gasteiger charge is 2.30. The molecule has 202 valence electrons. The van der Waals surface area contributed by atoms with Crippen molar-refractivity contribution >= 4 is 21.7 Å². The molecule has 2 N–H and O–H groups in total. The first-order chi connectivity index (χ1) is 18.2. The van der Waals surface area contributed by atoms with Crippen LogP contribution in [-0.2, 0) is 22.9 Å². The van der Waals surface area contributed by atoms with E-state index in [1.807, 2.05) is 30.5 Å². The number of hydrogen-bond donors (Lipinski definition) is 2. The van der Waals surface area contributed by atoms with Crippen molar-refractivity contribution in [1.29, 1.82) is 0 Å². The number of urea groups is 1. The van der Waals surface area contributed by atoms with Crippen LogP contribution in [0.4, 0.5) is 10.5 Å². The maximum atomic E-state index is 13.4.